The van der Waals surface area contributed by atoms with Crippen LogP contribution in [0, 0.1) is 18.6 Å². The molecule has 6 nitrogen and oxygen atoms in total. The van der Waals surface area contributed by atoms with E-state index in [-0.39, 0.29) is 18.0 Å². The monoisotopic (exact) mass is 319 g/mol. The van der Waals surface area contributed by atoms with Gasteiger partial charge in [-0.05, 0) is 26.0 Å². The highest BCUT2D eigenvalue weighted by Crippen LogP contribution is 2.18. The van der Waals surface area contributed by atoms with Gasteiger partial charge in [-0.15, -0.1) is 0 Å². The molecule has 0 aliphatic carbocycles. The van der Waals surface area contributed by atoms with Gasteiger partial charge in [0.2, 0.25) is 0 Å². The zero-order chi connectivity index (χ0) is 16.6. The Bertz CT molecular complexity index is 884. The van der Waals surface area contributed by atoms with E-state index in [4.69, 9.17) is 0 Å². The number of halogens is 2. The van der Waals surface area contributed by atoms with Crippen LogP contribution in [0.25, 0.3) is 11.0 Å². The zero-order valence-electron chi connectivity index (χ0n) is 12.7. The summed E-state index contributed by atoms with van der Waals surface area (Å²) in [6.07, 6.45) is 1.50. The number of nitrogens with one attached hydrogen (secondary N) is 2. The highest BCUT2D eigenvalue weighted by molar-refractivity contribution is 5.95. The number of aromatic amines is 1. The summed E-state index contributed by atoms with van der Waals surface area (Å²) >= 11 is 0. The predicted octanol–water partition coefficient (Wildman–Crippen LogP) is 2.30. The molecule has 1 aromatic carbocycles. The quantitative estimate of drug-likeness (QED) is 0.775. The third-order valence-corrected chi connectivity index (χ3v) is 3.66. The highest BCUT2D eigenvalue weighted by Gasteiger charge is 2.15. The number of carbonyl (C=O) groups excluding carboxylic acids is 1. The van der Waals surface area contributed by atoms with Crippen LogP contribution < -0.4 is 5.32 Å². The number of fused-ring (bicyclic) bond motifs is 1. The molecule has 0 spiro atoms. The first-order valence-corrected chi connectivity index (χ1v) is 7.14. The summed E-state index contributed by atoms with van der Waals surface area (Å²) in [6, 6.07) is 2.43. The normalized spacial score (nSPS) is 11.1. The number of hydrogen-bond acceptors (Lipinski definition) is 3. The van der Waals surface area contributed by atoms with Gasteiger partial charge in [-0.25, -0.2) is 13.8 Å². The van der Waals surface area contributed by atoms with Gasteiger partial charge in [0.1, 0.15) is 11.3 Å². The van der Waals surface area contributed by atoms with E-state index in [2.05, 4.69) is 20.4 Å². The number of imidazole rings is 1. The Balaban J connectivity index is 1.76. The van der Waals surface area contributed by atoms with E-state index in [1.807, 2.05) is 13.8 Å². The van der Waals surface area contributed by atoms with Gasteiger partial charge in [-0.3, -0.25) is 9.48 Å². The van der Waals surface area contributed by atoms with Crippen LogP contribution in [-0.2, 0) is 13.1 Å². The molecule has 0 saturated heterocycles. The molecule has 2 aromatic heterocycles. The lowest BCUT2D eigenvalue weighted by atomic mass is 10.2. The van der Waals surface area contributed by atoms with Gasteiger partial charge in [-0.1, -0.05) is 0 Å². The van der Waals surface area contributed by atoms with Gasteiger partial charge in [0.15, 0.2) is 11.6 Å². The Morgan fingerprint density at radius 3 is 2.87 bits per heavy atom. The van der Waals surface area contributed by atoms with Crippen LogP contribution in [0.4, 0.5) is 8.78 Å². The summed E-state index contributed by atoms with van der Waals surface area (Å²) < 4.78 is 28.5. The molecular formula is C15H15F2N5O. The van der Waals surface area contributed by atoms with Crippen molar-refractivity contribution in [3.05, 3.63) is 47.0 Å². The highest BCUT2D eigenvalue weighted by atomic mass is 19.2. The van der Waals surface area contributed by atoms with Gasteiger partial charge < -0.3 is 10.3 Å². The van der Waals surface area contributed by atoms with Crippen molar-refractivity contribution in [3.8, 4) is 0 Å². The van der Waals surface area contributed by atoms with E-state index in [1.165, 1.54) is 12.3 Å². The topological polar surface area (TPSA) is 75.6 Å². The van der Waals surface area contributed by atoms with Gasteiger partial charge >= 0.3 is 0 Å². The van der Waals surface area contributed by atoms with Crippen molar-refractivity contribution in [1.82, 2.24) is 25.1 Å². The second-order valence-electron chi connectivity index (χ2n) is 5.08. The lowest BCUT2D eigenvalue weighted by molar-refractivity contribution is 0.0949. The van der Waals surface area contributed by atoms with Crippen LogP contribution in [0.2, 0.25) is 0 Å². The number of amides is 1. The summed E-state index contributed by atoms with van der Waals surface area (Å²) in [5.74, 6) is -1.91. The van der Waals surface area contributed by atoms with Crippen LogP contribution in [0.3, 0.4) is 0 Å². The molecule has 0 bridgehead atoms. The van der Waals surface area contributed by atoms with E-state index in [9.17, 15) is 13.6 Å². The van der Waals surface area contributed by atoms with Gasteiger partial charge in [-0.2, -0.15) is 5.10 Å². The van der Waals surface area contributed by atoms with Gasteiger partial charge in [0.25, 0.3) is 5.91 Å². The molecule has 0 saturated carbocycles. The summed E-state index contributed by atoms with van der Waals surface area (Å²) in [5, 5.41) is 6.79. The SMILES string of the molecule is CCn1ncc(C(=O)NCc2nc3c(F)c(F)ccc3[nH]2)c1C. The van der Waals surface area contributed by atoms with E-state index < -0.39 is 11.6 Å². The molecule has 0 atom stereocenters. The summed E-state index contributed by atoms with van der Waals surface area (Å²) in [4.78, 5) is 19.0. The maximum Gasteiger partial charge on any atom is 0.255 e. The van der Waals surface area contributed by atoms with Gasteiger partial charge in [0, 0.05) is 12.2 Å². The largest absolute Gasteiger partial charge is 0.345 e. The number of rotatable bonds is 4. The smallest absolute Gasteiger partial charge is 0.255 e. The van der Waals surface area contributed by atoms with Crippen LogP contribution >= 0.6 is 0 Å². The summed E-state index contributed by atoms with van der Waals surface area (Å²) in [5.41, 5.74) is 1.54. The number of nitrogens with zero attached hydrogens (tertiary/aromatic N) is 3. The average Bonchev–Trinajstić information content (AvgIpc) is 3.12. The van der Waals surface area contributed by atoms with Crippen LogP contribution in [0.1, 0.15) is 28.8 Å². The molecule has 0 unspecified atom stereocenters. The first-order valence-electron chi connectivity index (χ1n) is 7.14. The van der Waals surface area contributed by atoms with E-state index in [1.54, 1.807) is 4.68 Å². The van der Waals surface area contributed by atoms with Crippen molar-refractivity contribution in [2.45, 2.75) is 26.9 Å². The molecule has 3 rings (SSSR count). The molecule has 0 fully saturated rings. The van der Waals surface area contributed by atoms with Crippen molar-refractivity contribution < 1.29 is 13.6 Å². The van der Waals surface area contributed by atoms with Crippen molar-refractivity contribution in [2.75, 3.05) is 0 Å². The number of aryl methyl sites for hydroxylation is 1. The molecule has 0 aliphatic heterocycles. The van der Waals surface area contributed by atoms with Crippen LogP contribution in [0.15, 0.2) is 18.3 Å². The summed E-state index contributed by atoms with van der Waals surface area (Å²) in [7, 11) is 0. The van der Waals surface area contributed by atoms with Crippen molar-refractivity contribution in [1.29, 1.82) is 0 Å². The fourth-order valence-corrected chi connectivity index (χ4v) is 2.40. The third kappa shape index (κ3) is 2.67. The van der Waals surface area contributed by atoms with Crippen molar-refractivity contribution in [3.63, 3.8) is 0 Å². The molecule has 2 N–H and O–H groups in total. The molecule has 3 aromatic rings. The van der Waals surface area contributed by atoms with Crippen molar-refractivity contribution >= 4 is 16.9 Å². The molecule has 23 heavy (non-hydrogen) atoms. The molecular weight excluding hydrogens is 304 g/mol. The average molecular weight is 319 g/mol. The Hall–Kier alpha value is -2.77. The maximum absolute atomic E-state index is 13.6. The Kier molecular flexibility index (Phi) is 3.81. The Morgan fingerprint density at radius 2 is 2.17 bits per heavy atom. The van der Waals surface area contributed by atoms with E-state index in [0.717, 1.165) is 11.8 Å². The molecule has 0 radical (unpaired) electrons. The molecule has 1 amide bonds. The molecule has 8 heteroatoms. The Labute approximate surface area is 130 Å². The van der Waals surface area contributed by atoms with E-state index >= 15 is 0 Å². The third-order valence-electron chi connectivity index (χ3n) is 3.66. The zero-order valence-corrected chi connectivity index (χ0v) is 12.7. The number of aromatic nitrogens is 4. The minimum Gasteiger partial charge on any atom is -0.345 e. The lowest BCUT2D eigenvalue weighted by Crippen LogP contribution is -2.24. The number of hydrogen-bond donors (Lipinski definition) is 2. The minimum atomic E-state index is -1.00. The summed E-state index contributed by atoms with van der Waals surface area (Å²) in [6.45, 7) is 4.49. The standard InChI is InChI=1S/C15H15F2N5O/c1-3-22-8(2)9(6-19-22)15(23)18-7-12-20-11-5-4-10(16)13(17)14(11)21-12/h4-6H,3,7H2,1-2H3,(H,18,23)(H,20,21). The molecule has 2 heterocycles. The maximum atomic E-state index is 13.6. The van der Waals surface area contributed by atoms with Crippen molar-refractivity contribution in [2.24, 2.45) is 0 Å². The minimum absolute atomic E-state index is 0.0747. The number of carbonyl (C=O) groups is 1. The number of benzene rings is 1. The second kappa shape index (κ2) is 5.79. The Morgan fingerprint density at radius 1 is 1.39 bits per heavy atom. The van der Waals surface area contributed by atoms with E-state index in [0.29, 0.717) is 23.4 Å². The van der Waals surface area contributed by atoms with Crippen LogP contribution in [-0.4, -0.2) is 25.7 Å². The second-order valence-corrected chi connectivity index (χ2v) is 5.08. The lowest BCUT2D eigenvalue weighted by Gasteiger charge is -2.03. The number of H-pyrrole nitrogens is 1. The fraction of sp³-hybridized carbons (Fsp3) is 0.267. The fourth-order valence-electron chi connectivity index (χ4n) is 2.40. The first kappa shape index (κ1) is 15.1. The first-order chi connectivity index (χ1) is 11.0. The molecule has 120 valence electrons. The predicted molar refractivity (Wildman–Crippen MR) is 79.8 cm³/mol. The molecule has 0 aliphatic rings. The van der Waals surface area contributed by atoms with Crippen LogP contribution in [0.5, 0.6) is 0 Å². The van der Waals surface area contributed by atoms with Gasteiger partial charge in [0.05, 0.1) is 23.8 Å².